The van der Waals surface area contributed by atoms with E-state index in [9.17, 15) is 18.0 Å². The van der Waals surface area contributed by atoms with Gasteiger partial charge in [-0.3, -0.25) is 4.79 Å². The van der Waals surface area contributed by atoms with Crippen LogP contribution < -0.4 is 15.9 Å². The first-order valence-corrected chi connectivity index (χ1v) is 8.34. The van der Waals surface area contributed by atoms with E-state index in [2.05, 4.69) is 14.8 Å². The minimum Gasteiger partial charge on any atom is -0.406 e. The number of allylic oxidation sites excluding steroid dienone is 1. The number of nitrogens with zero attached hydrogens (tertiary/aromatic N) is 3. The zero-order valence-electron chi connectivity index (χ0n) is 14.9. The van der Waals surface area contributed by atoms with Gasteiger partial charge >= 0.3 is 6.36 Å². The molecule has 1 aromatic heterocycles. The molecule has 1 heterocycles. The zero-order valence-corrected chi connectivity index (χ0v) is 14.9. The van der Waals surface area contributed by atoms with Gasteiger partial charge in [0.25, 0.3) is 0 Å². The average molecular weight is 400 g/mol. The maximum absolute atomic E-state index is 12.5. The summed E-state index contributed by atoms with van der Waals surface area (Å²) in [4.78, 5) is 16.7. The van der Waals surface area contributed by atoms with E-state index in [0.29, 0.717) is 5.69 Å². The van der Waals surface area contributed by atoms with Crippen molar-refractivity contribution in [3.05, 3.63) is 95.1 Å². The number of hydrogen-bond donors (Lipinski definition) is 1. The second-order valence-corrected chi connectivity index (χ2v) is 5.71. The summed E-state index contributed by atoms with van der Waals surface area (Å²) in [5, 5.41) is 4.23. The molecule has 0 saturated heterocycles. The highest BCUT2D eigenvalue weighted by Crippen LogP contribution is 2.24. The van der Waals surface area contributed by atoms with Crippen LogP contribution in [0.25, 0.3) is 5.69 Å². The molecular weight excluding hydrogens is 385 g/mol. The highest BCUT2D eigenvalue weighted by molar-refractivity contribution is 6.08. The fraction of sp³-hybridized carbons (Fsp3) is 0.0500. The number of benzene rings is 2. The third-order valence-corrected chi connectivity index (χ3v) is 3.63. The second-order valence-electron chi connectivity index (χ2n) is 5.71. The average Bonchev–Trinajstić information content (AvgIpc) is 2.68. The molecule has 0 radical (unpaired) electrons. The molecule has 0 amide bonds. The molecular formula is C20H15F3N4O2. The van der Waals surface area contributed by atoms with Gasteiger partial charge in [0, 0.05) is 18.3 Å². The molecule has 0 bridgehead atoms. The number of aromatic nitrogens is 2. The fourth-order valence-electron chi connectivity index (χ4n) is 2.45. The van der Waals surface area contributed by atoms with E-state index < -0.39 is 17.5 Å². The summed E-state index contributed by atoms with van der Waals surface area (Å²) in [5.41, 5.74) is 6.10. The molecule has 2 aromatic carbocycles. The normalized spacial score (nSPS) is 12.3. The van der Waals surface area contributed by atoms with Crippen molar-refractivity contribution in [1.82, 2.24) is 9.78 Å². The Labute approximate surface area is 163 Å². The molecule has 0 saturated carbocycles. The van der Waals surface area contributed by atoms with Gasteiger partial charge in [-0.1, -0.05) is 24.3 Å². The van der Waals surface area contributed by atoms with Gasteiger partial charge in [-0.25, -0.2) is 9.67 Å². The van der Waals surface area contributed by atoms with Gasteiger partial charge in [0.2, 0.25) is 5.43 Å². The van der Waals surface area contributed by atoms with Gasteiger partial charge in [0.05, 0.1) is 17.1 Å². The molecule has 29 heavy (non-hydrogen) atoms. The summed E-state index contributed by atoms with van der Waals surface area (Å²) >= 11 is 0. The van der Waals surface area contributed by atoms with Crippen molar-refractivity contribution >= 4 is 11.4 Å². The first-order valence-electron chi connectivity index (χ1n) is 8.34. The van der Waals surface area contributed by atoms with E-state index in [0.717, 1.165) is 6.07 Å². The van der Waals surface area contributed by atoms with Crippen LogP contribution in [0.4, 0.5) is 18.9 Å². The number of rotatable bonds is 5. The predicted octanol–water partition coefficient (Wildman–Crippen LogP) is 3.72. The SMILES string of the molecule is NC=CC(=Nc1ccccc1)c1nn(-c2cccc(OC(F)(F)F)c2)ccc1=O. The van der Waals surface area contributed by atoms with Crippen LogP contribution in [0.1, 0.15) is 5.69 Å². The minimum absolute atomic E-state index is 0.0137. The number of nitrogens with two attached hydrogens (primary N) is 1. The Morgan fingerprint density at radius 1 is 1.10 bits per heavy atom. The van der Waals surface area contributed by atoms with Gasteiger partial charge in [-0.15, -0.1) is 13.2 Å². The lowest BCUT2D eigenvalue weighted by Gasteiger charge is -2.11. The molecule has 9 heteroatoms. The molecule has 0 fully saturated rings. The van der Waals surface area contributed by atoms with Crippen LogP contribution in [0, 0.1) is 0 Å². The Morgan fingerprint density at radius 2 is 1.86 bits per heavy atom. The molecule has 2 N–H and O–H groups in total. The molecule has 0 atom stereocenters. The number of hydrogen-bond acceptors (Lipinski definition) is 5. The quantitative estimate of drug-likeness (QED) is 0.662. The summed E-state index contributed by atoms with van der Waals surface area (Å²) in [6.07, 6.45) is -0.838. The van der Waals surface area contributed by atoms with Crippen molar-refractivity contribution < 1.29 is 17.9 Å². The van der Waals surface area contributed by atoms with Crippen molar-refractivity contribution in [2.45, 2.75) is 6.36 Å². The smallest absolute Gasteiger partial charge is 0.406 e. The first kappa shape index (κ1) is 19.9. The number of ether oxygens (including phenoxy) is 1. The van der Waals surface area contributed by atoms with Gasteiger partial charge in [0.1, 0.15) is 5.75 Å². The fourth-order valence-corrected chi connectivity index (χ4v) is 2.45. The van der Waals surface area contributed by atoms with Crippen molar-refractivity contribution in [1.29, 1.82) is 0 Å². The summed E-state index contributed by atoms with van der Waals surface area (Å²) in [6, 6.07) is 15.3. The Balaban J connectivity index is 2.05. The van der Waals surface area contributed by atoms with E-state index in [-0.39, 0.29) is 17.1 Å². The molecule has 0 aliphatic heterocycles. The Morgan fingerprint density at radius 3 is 2.55 bits per heavy atom. The molecule has 0 aliphatic rings. The van der Waals surface area contributed by atoms with Crippen LogP contribution in [0.2, 0.25) is 0 Å². The lowest BCUT2D eigenvalue weighted by Crippen LogP contribution is -2.20. The number of aliphatic imine (C=N–C) groups is 1. The van der Waals surface area contributed by atoms with Crippen LogP contribution in [0.15, 0.2) is 88.9 Å². The van der Waals surface area contributed by atoms with Crippen molar-refractivity contribution in [3.8, 4) is 11.4 Å². The summed E-state index contributed by atoms with van der Waals surface area (Å²) in [5.74, 6) is -0.405. The van der Waals surface area contributed by atoms with Crippen molar-refractivity contribution in [3.63, 3.8) is 0 Å². The third kappa shape index (κ3) is 5.32. The molecule has 6 nitrogen and oxygen atoms in total. The summed E-state index contributed by atoms with van der Waals surface area (Å²) in [6.45, 7) is 0. The molecule has 0 unspecified atom stereocenters. The topological polar surface area (TPSA) is 82.5 Å². The van der Waals surface area contributed by atoms with Crippen molar-refractivity contribution in [2.24, 2.45) is 10.7 Å². The molecule has 3 rings (SSSR count). The summed E-state index contributed by atoms with van der Waals surface area (Å²) in [7, 11) is 0. The zero-order chi connectivity index (χ0) is 20.9. The van der Waals surface area contributed by atoms with Crippen LogP contribution >= 0.6 is 0 Å². The largest absolute Gasteiger partial charge is 0.573 e. The van der Waals surface area contributed by atoms with Crippen LogP contribution in [0.3, 0.4) is 0 Å². The van der Waals surface area contributed by atoms with Crippen LogP contribution in [-0.4, -0.2) is 21.9 Å². The maximum atomic E-state index is 12.5. The Bertz CT molecular complexity index is 1110. The third-order valence-electron chi connectivity index (χ3n) is 3.63. The lowest BCUT2D eigenvalue weighted by molar-refractivity contribution is -0.274. The number of alkyl halides is 3. The molecule has 3 aromatic rings. The Hall–Kier alpha value is -3.88. The van der Waals surface area contributed by atoms with Gasteiger partial charge in [-0.2, -0.15) is 5.10 Å². The van der Waals surface area contributed by atoms with E-state index in [1.54, 1.807) is 24.3 Å². The highest BCUT2D eigenvalue weighted by atomic mass is 19.4. The summed E-state index contributed by atoms with van der Waals surface area (Å²) < 4.78 is 42.6. The minimum atomic E-state index is -4.82. The standard InChI is InChI=1S/C20H15F3N4O2/c21-20(22,23)29-16-8-4-7-15(13-16)27-12-10-18(28)19(26-27)17(9-11-24)25-14-5-2-1-3-6-14/h1-13H,24H2. The predicted molar refractivity (Wildman–Crippen MR) is 102 cm³/mol. The highest BCUT2D eigenvalue weighted by Gasteiger charge is 2.31. The number of para-hydroxylation sites is 1. The molecule has 0 spiro atoms. The Kier molecular flexibility index (Phi) is 5.77. The van der Waals surface area contributed by atoms with Gasteiger partial charge in [0.15, 0.2) is 5.69 Å². The van der Waals surface area contributed by atoms with Gasteiger partial charge < -0.3 is 10.5 Å². The second kappa shape index (κ2) is 8.42. The number of halogens is 3. The van der Waals surface area contributed by atoms with Gasteiger partial charge in [-0.05, 0) is 36.5 Å². The molecule has 0 aliphatic carbocycles. The van der Waals surface area contributed by atoms with E-state index in [1.807, 2.05) is 6.07 Å². The van der Waals surface area contributed by atoms with Crippen LogP contribution in [-0.2, 0) is 0 Å². The monoisotopic (exact) mass is 400 g/mol. The van der Waals surface area contributed by atoms with E-state index in [4.69, 9.17) is 5.73 Å². The lowest BCUT2D eigenvalue weighted by atomic mass is 10.2. The van der Waals surface area contributed by atoms with E-state index >= 15 is 0 Å². The van der Waals surface area contributed by atoms with Crippen LogP contribution in [0.5, 0.6) is 5.75 Å². The molecule has 148 valence electrons. The first-order chi connectivity index (χ1) is 13.9. The maximum Gasteiger partial charge on any atom is 0.573 e. The van der Waals surface area contributed by atoms with Crippen molar-refractivity contribution in [2.75, 3.05) is 0 Å². The van der Waals surface area contributed by atoms with E-state index in [1.165, 1.54) is 47.4 Å².